The van der Waals surface area contributed by atoms with E-state index in [1.165, 1.54) is 16.8 Å². The molecule has 1 saturated carbocycles. The van der Waals surface area contributed by atoms with Gasteiger partial charge in [0.2, 0.25) is 5.91 Å². The molecule has 1 N–H and O–H groups in total. The molecule has 2 aromatic heterocycles. The molecular weight excluding hydrogens is 457 g/mol. The van der Waals surface area contributed by atoms with E-state index in [1.807, 2.05) is 0 Å². The number of pyridine rings is 1. The summed E-state index contributed by atoms with van der Waals surface area (Å²) in [4.78, 5) is 29.8. The molecule has 11 heteroatoms. The predicted molar refractivity (Wildman–Crippen MR) is 118 cm³/mol. The zero-order chi connectivity index (χ0) is 22.7. The van der Waals surface area contributed by atoms with Crippen LogP contribution in [0.4, 0.5) is 9.52 Å². The Bertz CT molecular complexity index is 1120. The van der Waals surface area contributed by atoms with Crippen LogP contribution in [0.15, 0.2) is 34.2 Å². The molecule has 1 atom stereocenters. The smallest absolute Gasteiger partial charge is 0.252 e. The summed E-state index contributed by atoms with van der Waals surface area (Å²) in [6, 6.07) is 1.64. The Morgan fingerprint density at radius 2 is 2.00 bits per heavy atom. The largest absolute Gasteiger partial charge is 0.381 e. The van der Waals surface area contributed by atoms with Gasteiger partial charge in [0.25, 0.3) is 5.56 Å². The highest BCUT2D eigenvalue weighted by Gasteiger charge is 2.32. The SMILES string of the molecule is O=C(Nc1ncc(F)s1)[C@@H](CC1CCOCC1)n1ccc(S(=O)(=O)C2CCCC2)cc1=O. The van der Waals surface area contributed by atoms with E-state index in [2.05, 4.69) is 10.3 Å². The normalized spacial score (nSPS) is 19.2. The molecule has 1 amide bonds. The zero-order valence-corrected chi connectivity index (χ0v) is 19.2. The lowest BCUT2D eigenvalue weighted by atomic mass is 9.92. The first-order chi connectivity index (χ1) is 15.3. The van der Waals surface area contributed by atoms with Gasteiger partial charge in [-0.2, -0.15) is 4.39 Å². The molecule has 0 aromatic carbocycles. The number of carbonyl (C=O) groups excluding carboxylic acids is 1. The predicted octanol–water partition coefficient (Wildman–Crippen LogP) is 3.16. The number of anilines is 1. The number of hydrogen-bond acceptors (Lipinski definition) is 7. The van der Waals surface area contributed by atoms with Crippen molar-refractivity contribution in [3.63, 3.8) is 0 Å². The fourth-order valence-corrected chi connectivity index (χ4v) is 6.84. The van der Waals surface area contributed by atoms with Crippen LogP contribution in [0, 0.1) is 11.0 Å². The van der Waals surface area contributed by atoms with Crippen molar-refractivity contribution in [2.75, 3.05) is 18.5 Å². The molecule has 8 nitrogen and oxygen atoms in total. The highest BCUT2D eigenvalue weighted by Crippen LogP contribution is 2.30. The van der Waals surface area contributed by atoms with Gasteiger partial charge in [-0.25, -0.2) is 13.4 Å². The number of rotatable bonds is 7. The molecule has 0 bridgehead atoms. The van der Waals surface area contributed by atoms with Gasteiger partial charge in [0.1, 0.15) is 6.04 Å². The second-order valence-corrected chi connectivity index (χ2v) is 11.5. The molecule has 1 saturated heterocycles. The number of sulfone groups is 1. The van der Waals surface area contributed by atoms with Gasteiger partial charge in [0.05, 0.1) is 16.3 Å². The van der Waals surface area contributed by atoms with Gasteiger partial charge in [-0.05, 0) is 44.1 Å². The number of nitrogens with one attached hydrogen (secondary N) is 1. The number of hydrogen-bond donors (Lipinski definition) is 1. The first kappa shape index (κ1) is 23.1. The maximum atomic E-state index is 13.3. The fourth-order valence-electron chi connectivity index (χ4n) is 4.44. The Kier molecular flexibility index (Phi) is 7.06. The highest BCUT2D eigenvalue weighted by molar-refractivity contribution is 7.92. The summed E-state index contributed by atoms with van der Waals surface area (Å²) < 4.78 is 45.7. The number of thiazole rings is 1. The minimum atomic E-state index is -3.58. The molecule has 2 aliphatic rings. The van der Waals surface area contributed by atoms with Crippen LogP contribution >= 0.6 is 11.3 Å². The van der Waals surface area contributed by atoms with Gasteiger partial charge in [0.15, 0.2) is 20.1 Å². The van der Waals surface area contributed by atoms with Crippen LogP contribution in [-0.4, -0.2) is 42.3 Å². The van der Waals surface area contributed by atoms with Crippen molar-refractivity contribution in [1.82, 2.24) is 9.55 Å². The second-order valence-electron chi connectivity index (χ2n) is 8.33. The Hall–Kier alpha value is -2.11. The second kappa shape index (κ2) is 9.80. The first-order valence-electron chi connectivity index (χ1n) is 10.8. The van der Waals surface area contributed by atoms with Crippen molar-refractivity contribution in [1.29, 1.82) is 0 Å². The Morgan fingerprint density at radius 1 is 1.28 bits per heavy atom. The lowest BCUT2D eigenvalue weighted by molar-refractivity contribution is -0.120. The molecule has 2 aromatic rings. The van der Waals surface area contributed by atoms with Crippen LogP contribution in [0.5, 0.6) is 0 Å². The highest BCUT2D eigenvalue weighted by atomic mass is 32.2. The molecule has 4 rings (SSSR count). The van der Waals surface area contributed by atoms with E-state index >= 15 is 0 Å². The van der Waals surface area contributed by atoms with Crippen molar-refractivity contribution >= 4 is 32.2 Å². The number of carbonyl (C=O) groups is 1. The minimum absolute atomic E-state index is 0.00197. The summed E-state index contributed by atoms with van der Waals surface area (Å²) >= 11 is 0.702. The molecule has 0 unspecified atom stereocenters. The summed E-state index contributed by atoms with van der Waals surface area (Å²) in [5.74, 6) is -0.319. The molecule has 1 aliphatic heterocycles. The summed E-state index contributed by atoms with van der Waals surface area (Å²) in [6.45, 7) is 1.17. The third-order valence-electron chi connectivity index (χ3n) is 6.23. The lowest BCUT2D eigenvalue weighted by Gasteiger charge is -2.27. The van der Waals surface area contributed by atoms with E-state index in [4.69, 9.17) is 4.74 Å². The molecule has 1 aliphatic carbocycles. The van der Waals surface area contributed by atoms with E-state index < -0.39 is 37.7 Å². The summed E-state index contributed by atoms with van der Waals surface area (Å²) in [5, 5.41) is 1.71. The molecular formula is C21H26FN3O5S2. The van der Waals surface area contributed by atoms with Crippen LogP contribution in [0.2, 0.25) is 0 Å². The van der Waals surface area contributed by atoms with Gasteiger partial charge in [-0.1, -0.05) is 24.2 Å². The standard InChI is InChI=1S/C21H26FN3O5S2/c22-18-13-23-21(31-18)24-20(27)17(11-14-6-9-30-10-7-14)25-8-5-16(12-19(25)26)32(28,29)15-3-1-2-4-15/h5,8,12-15,17H,1-4,6-7,9-11H2,(H,23,24,27)/t17-/m1/s1. The number of amides is 1. The van der Waals surface area contributed by atoms with Crippen molar-refractivity contribution in [2.24, 2.45) is 5.92 Å². The Labute approximate surface area is 189 Å². The third-order valence-corrected chi connectivity index (χ3v) is 9.19. The van der Waals surface area contributed by atoms with E-state index in [0.717, 1.165) is 37.9 Å². The van der Waals surface area contributed by atoms with Gasteiger partial charge >= 0.3 is 0 Å². The zero-order valence-electron chi connectivity index (χ0n) is 17.5. The van der Waals surface area contributed by atoms with E-state index in [-0.39, 0.29) is 15.9 Å². The van der Waals surface area contributed by atoms with Crippen LogP contribution in [0.25, 0.3) is 0 Å². The number of ether oxygens (including phenoxy) is 1. The molecule has 3 heterocycles. The van der Waals surface area contributed by atoms with Gasteiger partial charge < -0.3 is 14.6 Å². The van der Waals surface area contributed by atoms with Crippen LogP contribution < -0.4 is 10.9 Å². The topological polar surface area (TPSA) is 107 Å². The Balaban J connectivity index is 1.62. The summed E-state index contributed by atoms with van der Waals surface area (Å²) in [5.41, 5.74) is -0.554. The average Bonchev–Trinajstić information content (AvgIpc) is 3.45. The third kappa shape index (κ3) is 5.10. The lowest BCUT2D eigenvalue weighted by Crippen LogP contribution is -2.35. The number of nitrogens with zero attached hydrogens (tertiary/aromatic N) is 2. The van der Waals surface area contributed by atoms with Crippen molar-refractivity contribution in [3.8, 4) is 0 Å². The molecule has 32 heavy (non-hydrogen) atoms. The maximum Gasteiger partial charge on any atom is 0.252 e. The van der Waals surface area contributed by atoms with E-state index in [0.29, 0.717) is 43.8 Å². The summed E-state index contributed by atoms with van der Waals surface area (Å²) in [6.07, 6.45) is 7.25. The number of aromatic nitrogens is 2. The summed E-state index contributed by atoms with van der Waals surface area (Å²) in [7, 11) is -3.58. The monoisotopic (exact) mass is 483 g/mol. The van der Waals surface area contributed by atoms with Crippen molar-refractivity contribution < 1.29 is 22.3 Å². The van der Waals surface area contributed by atoms with Crippen LogP contribution in [-0.2, 0) is 19.4 Å². The molecule has 0 spiro atoms. The number of halogens is 1. The van der Waals surface area contributed by atoms with Gasteiger partial charge in [-0.3, -0.25) is 9.59 Å². The average molecular weight is 484 g/mol. The van der Waals surface area contributed by atoms with Gasteiger partial charge in [0, 0.05) is 25.5 Å². The van der Waals surface area contributed by atoms with Crippen molar-refractivity contribution in [2.45, 2.75) is 61.1 Å². The maximum absolute atomic E-state index is 13.3. The van der Waals surface area contributed by atoms with Gasteiger partial charge in [-0.15, -0.1) is 0 Å². The molecule has 0 radical (unpaired) electrons. The first-order valence-corrected chi connectivity index (χ1v) is 13.2. The quantitative estimate of drug-likeness (QED) is 0.648. The Morgan fingerprint density at radius 3 is 2.62 bits per heavy atom. The van der Waals surface area contributed by atoms with Crippen LogP contribution in [0.1, 0.15) is 51.0 Å². The van der Waals surface area contributed by atoms with Crippen molar-refractivity contribution in [3.05, 3.63) is 40.0 Å². The fraction of sp³-hybridized carbons (Fsp3) is 0.571. The molecule has 174 valence electrons. The van der Waals surface area contributed by atoms with E-state index in [9.17, 15) is 22.4 Å². The molecule has 2 fully saturated rings. The van der Waals surface area contributed by atoms with E-state index in [1.54, 1.807) is 0 Å². The minimum Gasteiger partial charge on any atom is -0.381 e. The van der Waals surface area contributed by atoms with Crippen LogP contribution in [0.3, 0.4) is 0 Å².